The first-order valence-corrected chi connectivity index (χ1v) is 11.3. The number of furan rings is 1. The van der Waals surface area contributed by atoms with Crippen LogP contribution in [-0.2, 0) is 24.3 Å². The molecular formula is C26H28FN3O3. The number of fused-ring (bicyclic) bond motifs is 3. The smallest absolute Gasteiger partial charge is 0.225 e. The highest BCUT2D eigenvalue weighted by atomic mass is 19.1. The standard InChI is InChI=1S/C26H28FN3O3/c1-32-21-9-6-19-13-23(26(31)28-15-22-3-2-12-33-22)25-17-29(10-11-30(25)24(19)14-21)16-18-4-7-20(27)8-5-18/h2-9,12,14,23,25H,10-11,13,15-17H2,1H3,(H,28,31)/t23-,25-/m1/s1. The number of nitrogens with zero attached hydrogens (tertiary/aromatic N) is 2. The minimum absolute atomic E-state index is 0.0338. The molecule has 0 aliphatic carbocycles. The maximum atomic E-state index is 13.3. The average Bonchev–Trinajstić information content (AvgIpc) is 3.37. The van der Waals surface area contributed by atoms with Gasteiger partial charge in [-0.05, 0) is 47.9 Å². The van der Waals surface area contributed by atoms with E-state index in [1.165, 1.54) is 12.1 Å². The summed E-state index contributed by atoms with van der Waals surface area (Å²) in [6.45, 7) is 3.55. The summed E-state index contributed by atoms with van der Waals surface area (Å²) in [6, 6.07) is 16.5. The highest BCUT2D eigenvalue weighted by Gasteiger charge is 2.41. The van der Waals surface area contributed by atoms with Crippen molar-refractivity contribution in [1.29, 1.82) is 0 Å². The molecule has 1 fully saturated rings. The lowest BCUT2D eigenvalue weighted by molar-refractivity contribution is -0.126. The second-order valence-electron chi connectivity index (χ2n) is 8.72. The summed E-state index contributed by atoms with van der Waals surface area (Å²) in [4.78, 5) is 18.0. The maximum absolute atomic E-state index is 13.3. The summed E-state index contributed by atoms with van der Waals surface area (Å²) < 4.78 is 24.2. The van der Waals surface area contributed by atoms with Gasteiger partial charge in [-0.2, -0.15) is 0 Å². The highest BCUT2D eigenvalue weighted by Crippen LogP contribution is 2.38. The van der Waals surface area contributed by atoms with Crippen molar-refractivity contribution in [1.82, 2.24) is 10.2 Å². The fourth-order valence-corrected chi connectivity index (χ4v) is 4.97. The van der Waals surface area contributed by atoms with Gasteiger partial charge in [-0.1, -0.05) is 18.2 Å². The molecule has 3 aromatic rings. The molecule has 2 aliphatic heterocycles. The van der Waals surface area contributed by atoms with Gasteiger partial charge in [0.2, 0.25) is 5.91 Å². The molecule has 1 N–H and O–H groups in total. The van der Waals surface area contributed by atoms with Crippen LogP contribution in [0.3, 0.4) is 0 Å². The molecule has 3 heterocycles. The normalized spacial score (nSPS) is 20.1. The summed E-state index contributed by atoms with van der Waals surface area (Å²) in [5.41, 5.74) is 3.38. The van der Waals surface area contributed by atoms with Crippen LogP contribution in [0.4, 0.5) is 10.1 Å². The molecule has 33 heavy (non-hydrogen) atoms. The topological polar surface area (TPSA) is 58.0 Å². The number of hydrogen-bond donors (Lipinski definition) is 1. The van der Waals surface area contributed by atoms with Crippen molar-refractivity contribution in [3.05, 3.63) is 83.6 Å². The Bertz CT molecular complexity index is 1100. The van der Waals surface area contributed by atoms with E-state index in [2.05, 4.69) is 27.2 Å². The molecule has 0 saturated carbocycles. The summed E-state index contributed by atoms with van der Waals surface area (Å²) in [5, 5.41) is 3.07. The van der Waals surface area contributed by atoms with Crippen molar-refractivity contribution in [3.8, 4) is 5.75 Å². The second-order valence-corrected chi connectivity index (χ2v) is 8.72. The molecule has 1 saturated heterocycles. The number of ether oxygens (including phenoxy) is 1. The SMILES string of the molecule is COc1ccc2c(c1)N1CCN(Cc3ccc(F)cc3)C[C@@H]1[C@H](C(=O)NCc1ccco1)C2. The molecule has 2 aromatic carbocycles. The number of nitrogens with one attached hydrogen (secondary N) is 1. The molecule has 5 rings (SSSR count). The zero-order valence-corrected chi connectivity index (χ0v) is 18.7. The van der Waals surface area contributed by atoms with Gasteiger partial charge < -0.3 is 19.4 Å². The Hall–Kier alpha value is -3.32. The number of piperazine rings is 1. The van der Waals surface area contributed by atoms with Gasteiger partial charge in [-0.15, -0.1) is 0 Å². The van der Waals surface area contributed by atoms with E-state index >= 15 is 0 Å². The summed E-state index contributed by atoms with van der Waals surface area (Å²) in [6.07, 6.45) is 2.29. The molecule has 7 heteroatoms. The van der Waals surface area contributed by atoms with E-state index in [4.69, 9.17) is 9.15 Å². The van der Waals surface area contributed by atoms with Crippen LogP contribution in [0.15, 0.2) is 65.3 Å². The first kappa shape index (κ1) is 21.5. The van der Waals surface area contributed by atoms with Crippen molar-refractivity contribution in [3.63, 3.8) is 0 Å². The third kappa shape index (κ3) is 4.59. The lowest BCUT2D eigenvalue weighted by Crippen LogP contribution is -2.60. The van der Waals surface area contributed by atoms with Crippen LogP contribution in [-0.4, -0.2) is 43.6 Å². The van der Waals surface area contributed by atoms with E-state index < -0.39 is 0 Å². The van der Waals surface area contributed by atoms with Crippen molar-refractivity contribution >= 4 is 11.6 Å². The number of halogens is 1. The van der Waals surface area contributed by atoms with Crippen molar-refractivity contribution in [2.24, 2.45) is 5.92 Å². The molecule has 2 atom stereocenters. The fraction of sp³-hybridized carbons (Fsp3) is 0.346. The molecule has 6 nitrogen and oxygen atoms in total. The minimum atomic E-state index is -0.227. The monoisotopic (exact) mass is 449 g/mol. The molecule has 1 aromatic heterocycles. The van der Waals surface area contributed by atoms with Crippen LogP contribution in [0, 0.1) is 11.7 Å². The van der Waals surface area contributed by atoms with Gasteiger partial charge in [-0.3, -0.25) is 9.69 Å². The fourth-order valence-electron chi connectivity index (χ4n) is 4.97. The van der Waals surface area contributed by atoms with Gasteiger partial charge in [0.15, 0.2) is 0 Å². The van der Waals surface area contributed by atoms with Gasteiger partial charge in [-0.25, -0.2) is 4.39 Å². The molecule has 0 spiro atoms. The number of rotatable bonds is 6. The van der Waals surface area contributed by atoms with Crippen molar-refractivity contribution in [2.75, 3.05) is 31.6 Å². The average molecular weight is 450 g/mol. The lowest BCUT2D eigenvalue weighted by Gasteiger charge is -2.49. The predicted molar refractivity (Wildman–Crippen MR) is 124 cm³/mol. The van der Waals surface area contributed by atoms with Gasteiger partial charge in [0.25, 0.3) is 0 Å². The highest BCUT2D eigenvalue weighted by molar-refractivity contribution is 5.82. The lowest BCUT2D eigenvalue weighted by atomic mass is 9.83. The molecule has 0 bridgehead atoms. The van der Waals surface area contributed by atoms with Crippen LogP contribution >= 0.6 is 0 Å². The van der Waals surface area contributed by atoms with Gasteiger partial charge in [0.1, 0.15) is 17.3 Å². The number of benzene rings is 2. The van der Waals surface area contributed by atoms with Crippen LogP contribution in [0.1, 0.15) is 16.9 Å². The summed E-state index contributed by atoms with van der Waals surface area (Å²) >= 11 is 0. The third-order valence-corrected chi connectivity index (χ3v) is 6.68. The Labute approximate surface area is 192 Å². The Morgan fingerprint density at radius 3 is 2.79 bits per heavy atom. The van der Waals surface area contributed by atoms with Crippen LogP contribution in [0.2, 0.25) is 0 Å². The minimum Gasteiger partial charge on any atom is -0.497 e. The summed E-state index contributed by atoms with van der Waals surface area (Å²) in [5.74, 6) is 1.18. The second kappa shape index (κ2) is 9.27. The molecule has 0 radical (unpaired) electrons. The first-order chi connectivity index (χ1) is 16.1. The quantitative estimate of drug-likeness (QED) is 0.623. The zero-order chi connectivity index (χ0) is 22.8. The van der Waals surface area contributed by atoms with E-state index in [9.17, 15) is 9.18 Å². The van der Waals surface area contributed by atoms with Crippen LogP contribution in [0.5, 0.6) is 5.75 Å². The Morgan fingerprint density at radius 1 is 1.18 bits per heavy atom. The Balaban J connectivity index is 1.38. The number of methoxy groups -OCH3 is 1. The van der Waals surface area contributed by atoms with E-state index in [1.54, 1.807) is 13.4 Å². The van der Waals surface area contributed by atoms with E-state index in [1.807, 2.05) is 30.3 Å². The van der Waals surface area contributed by atoms with E-state index in [-0.39, 0.29) is 23.7 Å². The third-order valence-electron chi connectivity index (χ3n) is 6.68. The Morgan fingerprint density at radius 2 is 2.03 bits per heavy atom. The number of carbonyl (C=O) groups is 1. The van der Waals surface area contributed by atoms with Crippen molar-refractivity contribution < 1.29 is 18.3 Å². The largest absolute Gasteiger partial charge is 0.497 e. The number of anilines is 1. The molecule has 2 aliphatic rings. The molecule has 1 amide bonds. The number of amides is 1. The Kier molecular flexibility index (Phi) is 6.05. The maximum Gasteiger partial charge on any atom is 0.225 e. The molecular weight excluding hydrogens is 421 g/mol. The van der Waals surface area contributed by atoms with Gasteiger partial charge in [0, 0.05) is 37.9 Å². The van der Waals surface area contributed by atoms with E-state index in [0.29, 0.717) is 13.0 Å². The molecule has 172 valence electrons. The number of hydrogen-bond acceptors (Lipinski definition) is 5. The van der Waals surface area contributed by atoms with E-state index in [0.717, 1.165) is 54.5 Å². The van der Waals surface area contributed by atoms with Crippen LogP contribution in [0.25, 0.3) is 0 Å². The first-order valence-electron chi connectivity index (χ1n) is 11.3. The number of carbonyl (C=O) groups excluding carboxylic acids is 1. The van der Waals surface area contributed by atoms with Crippen molar-refractivity contribution in [2.45, 2.75) is 25.6 Å². The van der Waals surface area contributed by atoms with Gasteiger partial charge in [0.05, 0.1) is 31.9 Å². The molecule has 0 unspecified atom stereocenters. The van der Waals surface area contributed by atoms with Gasteiger partial charge >= 0.3 is 0 Å². The van der Waals surface area contributed by atoms with Crippen LogP contribution < -0.4 is 15.0 Å². The predicted octanol–water partition coefficient (Wildman–Crippen LogP) is 3.61. The summed E-state index contributed by atoms with van der Waals surface area (Å²) in [7, 11) is 1.67. The zero-order valence-electron chi connectivity index (χ0n) is 18.7.